The Morgan fingerprint density at radius 1 is 1.32 bits per heavy atom. The van der Waals surface area contributed by atoms with Crippen LogP contribution in [0.15, 0.2) is 5.38 Å². The molecule has 0 aliphatic rings. The molecule has 0 atom stereocenters. The minimum absolute atomic E-state index is 0.645. The van der Waals surface area contributed by atoms with E-state index in [1.165, 1.54) is 15.6 Å². The molecule has 5 heteroatoms. The molecule has 0 amide bonds. The molecule has 0 saturated heterocycles. The number of rotatable bonds is 6. The van der Waals surface area contributed by atoms with Crippen molar-refractivity contribution in [1.29, 1.82) is 0 Å². The topological polar surface area (TPSA) is 37.8 Å². The number of hydrogen-bond donors (Lipinski definition) is 1. The Morgan fingerprint density at radius 3 is 2.68 bits per heavy atom. The summed E-state index contributed by atoms with van der Waals surface area (Å²) in [6, 6.07) is 0. The van der Waals surface area contributed by atoms with Gasteiger partial charge in [-0.05, 0) is 26.3 Å². The quantitative estimate of drug-likeness (QED) is 0.887. The third-order valence-electron chi connectivity index (χ3n) is 2.76. The zero-order valence-electron chi connectivity index (χ0n) is 12.0. The van der Waals surface area contributed by atoms with Crippen molar-refractivity contribution in [2.45, 2.75) is 40.2 Å². The number of thiazole rings is 2. The molecule has 2 aromatic heterocycles. The molecule has 19 heavy (non-hydrogen) atoms. The maximum Gasteiger partial charge on any atom is 0.0991 e. The summed E-state index contributed by atoms with van der Waals surface area (Å²) in [6.45, 7) is 7.44. The van der Waals surface area contributed by atoms with Crippen molar-refractivity contribution in [2.24, 2.45) is 5.92 Å². The van der Waals surface area contributed by atoms with Gasteiger partial charge in [-0.3, -0.25) is 0 Å². The van der Waals surface area contributed by atoms with Crippen LogP contribution in [0.1, 0.15) is 40.1 Å². The molecule has 0 aromatic carbocycles. The highest BCUT2D eigenvalue weighted by Gasteiger charge is 2.13. The highest BCUT2D eigenvalue weighted by atomic mass is 32.1. The molecule has 104 valence electrons. The van der Waals surface area contributed by atoms with Gasteiger partial charge in [0.15, 0.2) is 0 Å². The molecular formula is C14H21N3S2. The summed E-state index contributed by atoms with van der Waals surface area (Å²) >= 11 is 3.53. The summed E-state index contributed by atoms with van der Waals surface area (Å²) in [7, 11) is 1.99. The van der Waals surface area contributed by atoms with Gasteiger partial charge in [-0.2, -0.15) is 0 Å². The molecule has 0 bridgehead atoms. The lowest BCUT2D eigenvalue weighted by atomic mass is 10.1. The summed E-state index contributed by atoms with van der Waals surface area (Å²) in [4.78, 5) is 10.7. The van der Waals surface area contributed by atoms with Crippen LogP contribution in [0.5, 0.6) is 0 Å². The Hall–Kier alpha value is -0.780. The van der Waals surface area contributed by atoms with Gasteiger partial charge in [0.25, 0.3) is 0 Å². The average molecular weight is 295 g/mol. The first-order valence-electron chi connectivity index (χ1n) is 6.61. The van der Waals surface area contributed by atoms with Crippen LogP contribution in [0.25, 0.3) is 0 Å². The molecule has 0 aliphatic heterocycles. The zero-order chi connectivity index (χ0) is 13.8. The van der Waals surface area contributed by atoms with E-state index < -0.39 is 0 Å². The van der Waals surface area contributed by atoms with E-state index in [2.05, 4.69) is 29.5 Å². The van der Waals surface area contributed by atoms with Crippen LogP contribution in [-0.4, -0.2) is 17.0 Å². The van der Waals surface area contributed by atoms with Crippen LogP contribution < -0.4 is 5.32 Å². The molecule has 2 heterocycles. The lowest BCUT2D eigenvalue weighted by Gasteiger charge is -2.03. The third-order valence-corrected chi connectivity index (χ3v) is 4.68. The molecule has 0 saturated carbocycles. The van der Waals surface area contributed by atoms with Gasteiger partial charge >= 0.3 is 0 Å². The average Bonchev–Trinajstić information content (AvgIpc) is 2.87. The van der Waals surface area contributed by atoms with Crippen molar-refractivity contribution in [3.8, 4) is 0 Å². The van der Waals surface area contributed by atoms with E-state index in [4.69, 9.17) is 4.98 Å². The van der Waals surface area contributed by atoms with Crippen molar-refractivity contribution in [3.63, 3.8) is 0 Å². The number of nitrogens with one attached hydrogen (secondary N) is 1. The Labute approximate surface area is 123 Å². The van der Waals surface area contributed by atoms with Gasteiger partial charge in [0.05, 0.1) is 21.4 Å². The van der Waals surface area contributed by atoms with Gasteiger partial charge in [0.2, 0.25) is 0 Å². The lowest BCUT2D eigenvalue weighted by Crippen LogP contribution is -2.07. The van der Waals surface area contributed by atoms with E-state index in [1.807, 2.05) is 25.3 Å². The van der Waals surface area contributed by atoms with E-state index >= 15 is 0 Å². The maximum atomic E-state index is 4.82. The number of nitrogens with zero attached hydrogens (tertiary/aromatic N) is 2. The highest BCUT2D eigenvalue weighted by molar-refractivity contribution is 7.11. The second-order valence-electron chi connectivity index (χ2n) is 5.14. The SMILES string of the molecule is CNCc1sc(Cc2csc(C)n2)nc1CC(C)C. The third kappa shape index (κ3) is 4.09. The van der Waals surface area contributed by atoms with E-state index in [0.29, 0.717) is 5.92 Å². The molecule has 2 aromatic rings. The Balaban J connectivity index is 2.16. The van der Waals surface area contributed by atoms with Crippen molar-refractivity contribution >= 4 is 22.7 Å². The summed E-state index contributed by atoms with van der Waals surface area (Å²) in [5.41, 5.74) is 2.40. The van der Waals surface area contributed by atoms with E-state index in [9.17, 15) is 0 Å². The Kier molecular flexibility index (Phi) is 5.07. The van der Waals surface area contributed by atoms with E-state index in [1.54, 1.807) is 11.3 Å². The predicted molar refractivity (Wildman–Crippen MR) is 83.1 cm³/mol. The second-order valence-corrected chi connectivity index (χ2v) is 7.37. The monoisotopic (exact) mass is 295 g/mol. The van der Waals surface area contributed by atoms with Gasteiger partial charge in [0.1, 0.15) is 0 Å². The fraction of sp³-hybridized carbons (Fsp3) is 0.571. The molecule has 0 spiro atoms. The molecule has 0 fully saturated rings. The Bertz CT molecular complexity index is 529. The van der Waals surface area contributed by atoms with E-state index in [0.717, 1.165) is 30.1 Å². The first-order chi connectivity index (χ1) is 9.08. The van der Waals surface area contributed by atoms with Crippen LogP contribution in [0.2, 0.25) is 0 Å². The molecular weight excluding hydrogens is 274 g/mol. The van der Waals surface area contributed by atoms with Gasteiger partial charge in [0, 0.05) is 23.2 Å². The van der Waals surface area contributed by atoms with Gasteiger partial charge in [-0.25, -0.2) is 9.97 Å². The number of aryl methyl sites for hydroxylation is 1. The van der Waals surface area contributed by atoms with Crippen LogP contribution in [0.3, 0.4) is 0 Å². The normalized spacial score (nSPS) is 11.4. The molecule has 0 aliphatic carbocycles. The van der Waals surface area contributed by atoms with Crippen LogP contribution >= 0.6 is 22.7 Å². The van der Waals surface area contributed by atoms with E-state index in [-0.39, 0.29) is 0 Å². The molecule has 3 nitrogen and oxygen atoms in total. The number of hydrogen-bond acceptors (Lipinski definition) is 5. The maximum absolute atomic E-state index is 4.82. The van der Waals surface area contributed by atoms with Crippen molar-refractivity contribution < 1.29 is 0 Å². The predicted octanol–water partition coefficient (Wildman–Crippen LogP) is 3.42. The Morgan fingerprint density at radius 2 is 2.11 bits per heavy atom. The van der Waals surface area contributed by atoms with Gasteiger partial charge in [-0.15, -0.1) is 22.7 Å². The first kappa shape index (κ1) is 14.6. The summed E-state index contributed by atoms with van der Waals surface area (Å²) in [5, 5.41) is 7.69. The van der Waals surface area contributed by atoms with Crippen molar-refractivity contribution in [2.75, 3.05) is 7.05 Å². The standard InChI is InChI=1S/C14H21N3S2/c1-9(2)5-12-13(7-15-4)19-14(17-12)6-11-8-18-10(3)16-11/h8-9,15H,5-7H2,1-4H3. The van der Waals surface area contributed by atoms with Gasteiger partial charge in [-0.1, -0.05) is 13.8 Å². The molecule has 0 radical (unpaired) electrons. The first-order valence-corrected chi connectivity index (χ1v) is 8.31. The lowest BCUT2D eigenvalue weighted by molar-refractivity contribution is 0.629. The molecule has 1 N–H and O–H groups in total. The summed E-state index contributed by atoms with van der Waals surface area (Å²) in [5.74, 6) is 0.645. The highest BCUT2D eigenvalue weighted by Crippen LogP contribution is 2.24. The molecule has 2 rings (SSSR count). The largest absolute Gasteiger partial charge is 0.315 e. The number of aromatic nitrogens is 2. The zero-order valence-corrected chi connectivity index (χ0v) is 13.6. The van der Waals surface area contributed by atoms with Crippen molar-refractivity contribution in [3.05, 3.63) is 31.7 Å². The van der Waals surface area contributed by atoms with Crippen molar-refractivity contribution in [1.82, 2.24) is 15.3 Å². The second kappa shape index (κ2) is 6.59. The van der Waals surface area contributed by atoms with Gasteiger partial charge < -0.3 is 5.32 Å². The molecule has 0 unspecified atom stereocenters. The summed E-state index contributed by atoms with van der Waals surface area (Å²) in [6.07, 6.45) is 1.92. The minimum atomic E-state index is 0.645. The fourth-order valence-electron chi connectivity index (χ4n) is 2.00. The van der Waals surface area contributed by atoms with Crippen LogP contribution in [0.4, 0.5) is 0 Å². The van der Waals surface area contributed by atoms with Crippen LogP contribution in [-0.2, 0) is 19.4 Å². The van der Waals surface area contributed by atoms with Crippen LogP contribution in [0, 0.1) is 12.8 Å². The fourth-order valence-corrected chi connectivity index (χ4v) is 3.74. The summed E-state index contributed by atoms with van der Waals surface area (Å²) < 4.78 is 0. The minimum Gasteiger partial charge on any atom is -0.315 e. The smallest absolute Gasteiger partial charge is 0.0991 e.